The van der Waals surface area contributed by atoms with Gasteiger partial charge in [0.15, 0.2) is 5.82 Å². The van der Waals surface area contributed by atoms with E-state index in [1.807, 2.05) is 18.2 Å². The number of aliphatic hydroxyl groups is 1. The van der Waals surface area contributed by atoms with Crippen LogP contribution in [0.3, 0.4) is 0 Å². The van der Waals surface area contributed by atoms with Crippen LogP contribution in [0, 0.1) is 5.82 Å². The Morgan fingerprint density at radius 2 is 1.97 bits per heavy atom. The summed E-state index contributed by atoms with van der Waals surface area (Å²) in [5, 5.41) is 23.1. The van der Waals surface area contributed by atoms with Crippen molar-refractivity contribution >= 4 is 21.7 Å². The van der Waals surface area contributed by atoms with Crippen molar-refractivity contribution < 1.29 is 23.7 Å². The molecule has 6 rings (SSSR count). The summed E-state index contributed by atoms with van der Waals surface area (Å²) >= 11 is 0. The number of alkyl halides is 1. The van der Waals surface area contributed by atoms with Crippen LogP contribution in [-0.2, 0) is 6.42 Å². The van der Waals surface area contributed by atoms with Crippen LogP contribution in [0.2, 0.25) is 0 Å². The van der Waals surface area contributed by atoms with Crippen LogP contribution in [0.4, 0.5) is 8.78 Å². The maximum Gasteiger partial charge on any atom is 0.317 e. The fourth-order valence-corrected chi connectivity index (χ4v) is 6.03. The highest BCUT2D eigenvalue weighted by atomic mass is 19.1. The molecule has 2 fully saturated rings. The van der Waals surface area contributed by atoms with Crippen LogP contribution in [0.15, 0.2) is 42.6 Å². The summed E-state index contributed by atoms with van der Waals surface area (Å²) in [5.41, 5.74) is -0.925. The average Bonchev–Trinajstić information content (AvgIpc) is 3.38. The minimum absolute atomic E-state index is 0.0119. The van der Waals surface area contributed by atoms with E-state index in [1.54, 1.807) is 26.0 Å². The number of fused-ring (bicyclic) bond motifs is 3. The summed E-state index contributed by atoms with van der Waals surface area (Å²) in [7, 11) is 0. The number of phenolic OH excluding ortho intramolecular Hbond substituents is 1. The van der Waals surface area contributed by atoms with Gasteiger partial charge in [0.25, 0.3) is 0 Å². The third kappa shape index (κ3) is 4.33. The van der Waals surface area contributed by atoms with E-state index in [0.29, 0.717) is 29.4 Å². The Morgan fingerprint density at radius 1 is 1.16 bits per heavy atom. The standard InChI is InChI=1S/C29H30F2N4O3/c1-28(2,37)13-21-20-14-32-26(23-19-7-4-3-6-17(19)8-9-22(23)36)24(31)25(20)34-27(33-21)38-16-29-10-5-11-35(29)15-18(30)12-29/h3-4,6-9,14,18,36-37H,5,10-13,15-16H2,1-2H3/t18-,29+/m1/s1. The predicted octanol–water partition coefficient (Wildman–Crippen LogP) is 4.96. The van der Waals surface area contributed by atoms with Crippen molar-refractivity contribution in [3.05, 3.63) is 54.1 Å². The topological polar surface area (TPSA) is 91.6 Å². The maximum atomic E-state index is 16.2. The van der Waals surface area contributed by atoms with E-state index < -0.39 is 23.1 Å². The minimum atomic E-state index is -1.13. The van der Waals surface area contributed by atoms with Crippen LogP contribution >= 0.6 is 0 Å². The summed E-state index contributed by atoms with van der Waals surface area (Å²) in [6, 6.07) is 10.6. The molecule has 198 valence electrons. The molecule has 2 saturated heterocycles. The van der Waals surface area contributed by atoms with Gasteiger partial charge in [0.1, 0.15) is 29.7 Å². The number of pyridine rings is 1. The van der Waals surface area contributed by atoms with Gasteiger partial charge in [-0.05, 0) is 50.1 Å². The zero-order valence-corrected chi connectivity index (χ0v) is 21.4. The van der Waals surface area contributed by atoms with Crippen LogP contribution in [0.1, 0.15) is 38.8 Å². The number of hydrogen-bond acceptors (Lipinski definition) is 7. The third-order valence-electron chi connectivity index (χ3n) is 7.72. The largest absolute Gasteiger partial charge is 0.507 e. The molecule has 0 unspecified atom stereocenters. The molecule has 0 radical (unpaired) electrons. The first-order valence-electron chi connectivity index (χ1n) is 12.9. The fraction of sp³-hybridized carbons (Fsp3) is 0.414. The lowest BCUT2D eigenvalue weighted by Crippen LogP contribution is -2.43. The van der Waals surface area contributed by atoms with E-state index in [4.69, 9.17) is 4.74 Å². The molecule has 2 aromatic carbocycles. The first kappa shape index (κ1) is 24.9. The molecule has 2 aromatic heterocycles. The average molecular weight is 521 g/mol. The number of halogens is 2. The normalized spacial score (nSPS) is 21.9. The van der Waals surface area contributed by atoms with E-state index in [1.165, 1.54) is 12.3 Å². The van der Waals surface area contributed by atoms with E-state index in [0.717, 1.165) is 24.8 Å². The van der Waals surface area contributed by atoms with Gasteiger partial charge in [0.2, 0.25) is 0 Å². The molecule has 0 bridgehead atoms. The van der Waals surface area contributed by atoms with Gasteiger partial charge in [0, 0.05) is 31.0 Å². The number of nitrogens with zero attached hydrogens (tertiary/aromatic N) is 4. The Morgan fingerprint density at radius 3 is 2.79 bits per heavy atom. The quantitative estimate of drug-likeness (QED) is 0.371. The fourth-order valence-electron chi connectivity index (χ4n) is 6.03. The van der Waals surface area contributed by atoms with Gasteiger partial charge in [-0.15, -0.1) is 0 Å². The number of phenols is 1. The molecule has 2 aliphatic rings. The Bertz CT molecular complexity index is 1540. The number of rotatable bonds is 6. The highest BCUT2D eigenvalue weighted by Crippen LogP contribution is 2.41. The SMILES string of the molecule is CC(C)(O)Cc1nc(OC[C@@]23CCCN2C[C@H](F)C3)nc2c(F)c(-c3c(O)ccc4ccccc34)ncc12. The van der Waals surface area contributed by atoms with Gasteiger partial charge in [-0.3, -0.25) is 9.88 Å². The van der Waals surface area contributed by atoms with Crippen molar-refractivity contribution in [3.63, 3.8) is 0 Å². The number of ether oxygens (including phenoxy) is 1. The van der Waals surface area contributed by atoms with Crippen molar-refractivity contribution in [2.24, 2.45) is 0 Å². The second-order valence-corrected chi connectivity index (χ2v) is 11.2. The summed E-state index contributed by atoms with van der Waals surface area (Å²) < 4.78 is 36.5. The molecule has 4 aromatic rings. The Kier molecular flexibility index (Phi) is 5.96. The molecular formula is C29H30F2N4O3. The molecule has 2 aliphatic heterocycles. The Labute approximate surface area is 219 Å². The molecule has 38 heavy (non-hydrogen) atoms. The van der Waals surface area contributed by atoms with Gasteiger partial charge < -0.3 is 14.9 Å². The zero-order valence-electron chi connectivity index (χ0n) is 21.4. The predicted molar refractivity (Wildman–Crippen MR) is 140 cm³/mol. The van der Waals surface area contributed by atoms with Crippen molar-refractivity contribution in [1.29, 1.82) is 0 Å². The second-order valence-electron chi connectivity index (χ2n) is 11.2. The summed E-state index contributed by atoms with van der Waals surface area (Å²) in [6.45, 7) is 4.70. The molecule has 0 spiro atoms. The highest BCUT2D eigenvalue weighted by Gasteiger charge is 2.49. The molecule has 9 heteroatoms. The van der Waals surface area contributed by atoms with Crippen molar-refractivity contribution in [2.45, 2.75) is 56.8 Å². The number of aromatic nitrogens is 3. The monoisotopic (exact) mass is 520 g/mol. The minimum Gasteiger partial charge on any atom is -0.507 e. The molecule has 7 nitrogen and oxygen atoms in total. The summed E-state index contributed by atoms with van der Waals surface area (Å²) in [6.07, 6.45) is 2.87. The summed E-state index contributed by atoms with van der Waals surface area (Å²) in [5.74, 6) is -0.817. The lowest BCUT2D eigenvalue weighted by Gasteiger charge is -2.30. The smallest absolute Gasteiger partial charge is 0.317 e. The molecule has 2 atom stereocenters. The van der Waals surface area contributed by atoms with Crippen LogP contribution in [0.5, 0.6) is 11.8 Å². The summed E-state index contributed by atoms with van der Waals surface area (Å²) in [4.78, 5) is 15.5. The van der Waals surface area contributed by atoms with Gasteiger partial charge in [-0.2, -0.15) is 9.97 Å². The molecule has 0 saturated carbocycles. The van der Waals surface area contributed by atoms with E-state index in [2.05, 4.69) is 19.9 Å². The first-order chi connectivity index (χ1) is 18.1. The third-order valence-corrected chi connectivity index (χ3v) is 7.72. The number of benzene rings is 2. The first-order valence-corrected chi connectivity index (χ1v) is 12.9. The zero-order chi connectivity index (χ0) is 26.7. The second kappa shape index (κ2) is 9.10. The van der Waals surface area contributed by atoms with Gasteiger partial charge in [-0.1, -0.05) is 30.3 Å². The van der Waals surface area contributed by atoms with Crippen molar-refractivity contribution in [2.75, 3.05) is 19.7 Å². The van der Waals surface area contributed by atoms with E-state index >= 15 is 4.39 Å². The van der Waals surface area contributed by atoms with Crippen LogP contribution in [-0.4, -0.2) is 67.1 Å². The van der Waals surface area contributed by atoms with E-state index in [-0.39, 0.29) is 41.6 Å². The van der Waals surface area contributed by atoms with Gasteiger partial charge in [0.05, 0.1) is 22.4 Å². The molecule has 0 amide bonds. The van der Waals surface area contributed by atoms with Crippen LogP contribution < -0.4 is 4.74 Å². The Balaban J connectivity index is 1.46. The lowest BCUT2D eigenvalue weighted by molar-refractivity contribution is 0.0795. The van der Waals surface area contributed by atoms with Crippen molar-refractivity contribution in [3.8, 4) is 23.0 Å². The van der Waals surface area contributed by atoms with Crippen molar-refractivity contribution in [1.82, 2.24) is 19.9 Å². The van der Waals surface area contributed by atoms with Crippen LogP contribution in [0.25, 0.3) is 32.9 Å². The van der Waals surface area contributed by atoms with E-state index in [9.17, 15) is 14.6 Å². The molecular weight excluding hydrogens is 490 g/mol. The Hall–Kier alpha value is -3.43. The van der Waals surface area contributed by atoms with Gasteiger partial charge in [-0.25, -0.2) is 8.78 Å². The lowest BCUT2D eigenvalue weighted by atomic mass is 9.95. The highest BCUT2D eigenvalue weighted by molar-refractivity contribution is 6.00. The molecule has 4 heterocycles. The van der Waals surface area contributed by atoms with Gasteiger partial charge >= 0.3 is 6.01 Å². The maximum absolute atomic E-state index is 16.2. The number of hydrogen-bond donors (Lipinski definition) is 2. The molecule has 2 N–H and O–H groups in total. The number of aromatic hydroxyl groups is 1. The molecule has 0 aliphatic carbocycles.